The van der Waals surface area contributed by atoms with E-state index in [1.807, 2.05) is 0 Å². The molecule has 0 atom stereocenters. The van der Waals surface area contributed by atoms with Gasteiger partial charge < -0.3 is 5.32 Å². The Morgan fingerprint density at radius 3 is 2.56 bits per heavy atom. The number of ketones is 1. The number of hydrogen-bond acceptors (Lipinski definition) is 4. The molecule has 1 N–H and O–H groups in total. The standard InChI is InChI=1S/C18H15ClN4O2/c1-11-17(22-23(21-11)14-7-5-6-13(19)10-14)18(25)20-16-9-4-3-8-15(16)12(2)24/h3-10H,1-2H3,(H,20,25). The van der Waals surface area contributed by atoms with Crippen molar-refractivity contribution in [3.63, 3.8) is 0 Å². The molecule has 1 heterocycles. The molecule has 0 aliphatic heterocycles. The minimum atomic E-state index is -0.431. The first-order valence-corrected chi connectivity index (χ1v) is 7.94. The largest absolute Gasteiger partial charge is 0.320 e. The van der Waals surface area contributed by atoms with E-state index in [2.05, 4.69) is 15.5 Å². The number of aryl methyl sites for hydroxylation is 1. The molecule has 3 aromatic rings. The van der Waals surface area contributed by atoms with Gasteiger partial charge in [-0.05, 0) is 44.2 Å². The zero-order chi connectivity index (χ0) is 18.0. The van der Waals surface area contributed by atoms with Crippen LogP contribution in [0.4, 0.5) is 5.69 Å². The maximum Gasteiger partial charge on any atom is 0.278 e. The molecule has 6 nitrogen and oxygen atoms in total. The third-order valence-corrected chi connectivity index (χ3v) is 3.83. The zero-order valence-electron chi connectivity index (χ0n) is 13.7. The van der Waals surface area contributed by atoms with Gasteiger partial charge in [0.15, 0.2) is 11.5 Å². The molecule has 1 amide bonds. The second-order valence-electron chi connectivity index (χ2n) is 5.46. The van der Waals surface area contributed by atoms with E-state index in [-0.39, 0.29) is 11.5 Å². The average molecular weight is 355 g/mol. The maximum absolute atomic E-state index is 12.6. The fraction of sp³-hybridized carbons (Fsp3) is 0.111. The highest BCUT2D eigenvalue weighted by Crippen LogP contribution is 2.18. The number of nitrogens with zero attached hydrogens (tertiary/aromatic N) is 3. The summed E-state index contributed by atoms with van der Waals surface area (Å²) in [4.78, 5) is 25.6. The maximum atomic E-state index is 12.6. The number of anilines is 1. The van der Waals surface area contributed by atoms with Crippen LogP contribution in [0.25, 0.3) is 5.69 Å². The monoisotopic (exact) mass is 354 g/mol. The van der Waals surface area contributed by atoms with Crippen molar-refractivity contribution in [2.24, 2.45) is 0 Å². The highest BCUT2D eigenvalue weighted by atomic mass is 35.5. The van der Waals surface area contributed by atoms with Crippen LogP contribution in [-0.4, -0.2) is 26.7 Å². The van der Waals surface area contributed by atoms with Crippen molar-refractivity contribution in [1.29, 1.82) is 0 Å². The molecule has 0 bridgehead atoms. The van der Waals surface area contributed by atoms with Gasteiger partial charge >= 0.3 is 0 Å². The predicted molar refractivity (Wildman–Crippen MR) is 95.5 cm³/mol. The fourth-order valence-electron chi connectivity index (χ4n) is 2.39. The zero-order valence-corrected chi connectivity index (χ0v) is 14.4. The van der Waals surface area contributed by atoms with Crippen LogP contribution in [0.1, 0.15) is 33.5 Å². The van der Waals surface area contributed by atoms with Crippen molar-refractivity contribution >= 4 is 29.0 Å². The smallest absolute Gasteiger partial charge is 0.278 e. The van der Waals surface area contributed by atoms with Crippen LogP contribution in [0.2, 0.25) is 5.02 Å². The molecule has 2 aromatic carbocycles. The first-order chi connectivity index (χ1) is 12.0. The molecule has 0 unspecified atom stereocenters. The summed E-state index contributed by atoms with van der Waals surface area (Å²) in [6.45, 7) is 3.14. The third-order valence-electron chi connectivity index (χ3n) is 3.59. The average Bonchev–Trinajstić information content (AvgIpc) is 2.97. The first kappa shape index (κ1) is 16.9. The number of hydrogen-bond donors (Lipinski definition) is 1. The Bertz CT molecular complexity index is 965. The van der Waals surface area contributed by atoms with Gasteiger partial charge in [-0.2, -0.15) is 9.90 Å². The summed E-state index contributed by atoms with van der Waals surface area (Å²) in [5, 5.41) is 11.8. The Balaban J connectivity index is 1.90. The van der Waals surface area contributed by atoms with E-state index in [1.165, 1.54) is 11.7 Å². The summed E-state index contributed by atoms with van der Waals surface area (Å²) >= 11 is 5.98. The Kier molecular flexibility index (Phi) is 4.63. The van der Waals surface area contributed by atoms with Crippen LogP contribution in [0.5, 0.6) is 0 Å². The number of aromatic nitrogens is 3. The Morgan fingerprint density at radius 2 is 1.84 bits per heavy atom. The predicted octanol–water partition coefficient (Wildman–Crippen LogP) is 3.68. The number of benzene rings is 2. The number of para-hydroxylation sites is 1. The van der Waals surface area contributed by atoms with Gasteiger partial charge in [-0.25, -0.2) is 0 Å². The lowest BCUT2D eigenvalue weighted by Crippen LogP contribution is -2.16. The lowest BCUT2D eigenvalue weighted by atomic mass is 10.1. The topological polar surface area (TPSA) is 76.9 Å². The summed E-state index contributed by atoms with van der Waals surface area (Å²) in [5.74, 6) is -0.560. The van der Waals surface area contributed by atoms with Crippen LogP contribution in [0, 0.1) is 6.92 Å². The lowest BCUT2D eigenvalue weighted by Gasteiger charge is -2.07. The molecule has 7 heteroatoms. The SMILES string of the molecule is CC(=O)c1ccccc1NC(=O)c1nn(-c2cccc(Cl)c2)nc1C. The van der Waals surface area contributed by atoms with E-state index in [1.54, 1.807) is 55.5 Å². The number of carbonyl (C=O) groups excluding carboxylic acids is 2. The number of amides is 1. The van der Waals surface area contributed by atoms with Crippen LogP contribution < -0.4 is 5.32 Å². The fourth-order valence-corrected chi connectivity index (χ4v) is 2.57. The van der Waals surface area contributed by atoms with Crippen LogP contribution in [0.3, 0.4) is 0 Å². The van der Waals surface area contributed by atoms with Crippen LogP contribution in [0.15, 0.2) is 48.5 Å². The van der Waals surface area contributed by atoms with Gasteiger partial charge in [0.25, 0.3) is 5.91 Å². The van der Waals surface area contributed by atoms with Crippen LogP contribution >= 0.6 is 11.6 Å². The van der Waals surface area contributed by atoms with Gasteiger partial charge in [-0.15, -0.1) is 5.10 Å². The van der Waals surface area contributed by atoms with Gasteiger partial charge in [-0.1, -0.05) is 29.8 Å². The lowest BCUT2D eigenvalue weighted by molar-refractivity contribution is 0.101. The highest BCUT2D eigenvalue weighted by molar-refractivity contribution is 6.30. The van der Waals surface area contributed by atoms with Crippen molar-refractivity contribution < 1.29 is 9.59 Å². The third kappa shape index (κ3) is 3.59. The van der Waals surface area contributed by atoms with E-state index in [0.717, 1.165) is 0 Å². The molecule has 0 spiro atoms. The minimum absolute atomic E-state index is 0.129. The van der Waals surface area contributed by atoms with Gasteiger partial charge in [0.1, 0.15) is 0 Å². The molecule has 0 saturated carbocycles. The van der Waals surface area contributed by atoms with E-state index < -0.39 is 5.91 Å². The second kappa shape index (κ2) is 6.86. The molecule has 3 rings (SSSR count). The summed E-state index contributed by atoms with van der Waals surface area (Å²) < 4.78 is 0. The molecular formula is C18H15ClN4O2. The Hall–Kier alpha value is -2.99. The molecular weight excluding hydrogens is 340 g/mol. The minimum Gasteiger partial charge on any atom is -0.320 e. The second-order valence-corrected chi connectivity index (χ2v) is 5.90. The normalized spacial score (nSPS) is 10.5. The summed E-state index contributed by atoms with van der Waals surface area (Å²) in [7, 11) is 0. The molecule has 0 saturated heterocycles. The molecule has 1 aromatic heterocycles. The number of halogens is 1. The van der Waals surface area contributed by atoms with Gasteiger partial charge in [-0.3, -0.25) is 9.59 Å². The number of nitrogens with one attached hydrogen (secondary N) is 1. The van der Waals surface area contributed by atoms with Crippen molar-refractivity contribution in [3.8, 4) is 5.69 Å². The van der Waals surface area contributed by atoms with E-state index >= 15 is 0 Å². The number of Topliss-reactive ketones (excluding diaryl/α,β-unsaturated/α-hetero) is 1. The Morgan fingerprint density at radius 1 is 1.08 bits per heavy atom. The van der Waals surface area contributed by atoms with E-state index in [9.17, 15) is 9.59 Å². The summed E-state index contributed by atoms with van der Waals surface area (Å²) in [6.07, 6.45) is 0. The molecule has 126 valence electrons. The van der Waals surface area contributed by atoms with E-state index in [0.29, 0.717) is 27.7 Å². The van der Waals surface area contributed by atoms with Gasteiger partial charge in [0, 0.05) is 10.6 Å². The summed E-state index contributed by atoms with van der Waals surface area (Å²) in [5.41, 5.74) is 2.18. The van der Waals surface area contributed by atoms with Gasteiger partial charge in [0.2, 0.25) is 0 Å². The Labute approximate surface area is 149 Å². The molecule has 0 aliphatic carbocycles. The highest BCUT2D eigenvalue weighted by Gasteiger charge is 2.18. The molecule has 0 fully saturated rings. The van der Waals surface area contributed by atoms with Crippen LogP contribution in [-0.2, 0) is 0 Å². The van der Waals surface area contributed by atoms with Crippen molar-refractivity contribution in [3.05, 3.63) is 70.5 Å². The van der Waals surface area contributed by atoms with Gasteiger partial charge in [0.05, 0.1) is 17.1 Å². The molecule has 25 heavy (non-hydrogen) atoms. The first-order valence-electron chi connectivity index (χ1n) is 7.57. The van der Waals surface area contributed by atoms with Crippen molar-refractivity contribution in [1.82, 2.24) is 15.0 Å². The van der Waals surface area contributed by atoms with Crippen molar-refractivity contribution in [2.75, 3.05) is 5.32 Å². The van der Waals surface area contributed by atoms with Crippen molar-refractivity contribution in [2.45, 2.75) is 13.8 Å². The number of carbonyl (C=O) groups is 2. The van der Waals surface area contributed by atoms with E-state index in [4.69, 9.17) is 11.6 Å². The molecule has 0 radical (unpaired) electrons. The molecule has 0 aliphatic rings. The quantitative estimate of drug-likeness (QED) is 0.725. The number of rotatable bonds is 4. The summed E-state index contributed by atoms with van der Waals surface area (Å²) in [6, 6.07) is 13.8.